The molecule has 0 radical (unpaired) electrons. The van der Waals surface area contributed by atoms with Gasteiger partial charge < -0.3 is 5.73 Å². The Bertz CT molecular complexity index is 474. The fourth-order valence-electron chi connectivity index (χ4n) is 1.34. The number of benzene rings is 1. The highest BCUT2D eigenvalue weighted by Gasteiger charge is 2.14. The van der Waals surface area contributed by atoms with Crippen LogP contribution in [0.25, 0.3) is 0 Å². The van der Waals surface area contributed by atoms with E-state index in [1.54, 1.807) is 0 Å². The van der Waals surface area contributed by atoms with E-state index in [-0.39, 0.29) is 9.92 Å². The number of rotatable bonds is 6. The van der Waals surface area contributed by atoms with Gasteiger partial charge in [-0.25, -0.2) is 13.1 Å². The third kappa shape index (κ3) is 4.18. The van der Waals surface area contributed by atoms with Crippen LogP contribution in [-0.4, -0.2) is 15.0 Å². The molecule has 0 aliphatic rings. The van der Waals surface area contributed by atoms with Crippen molar-refractivity contribution in [3.05, 3.63) is 23.2 Å². The molecule has 0 unspecified atom stereocenters. The molecule has 4 nitrogen and oxygen atoms in total. The number of nitrogens with one attached hydrogen (secondary N) is 1. The van der Waals surface area contributed by atoms with Crippen molar-refractivity contribution in [2.75, 3.05) is 12.3 Å². The molecule has 96 valence electrons. The number of sulfonamides is 1. The van der Waals surface area contributed by atoms with Crippen molar-refractivity contribution in [1.82, 2.24) is 4.72 Å². The van der Waals surface area contributed by atoms with Crippen LogP contribution in [0.2, 0.25) is 5.02 Å². The molecule has 0 heterocycles. The highest BCUT2D eigenvalue weighted by Crippen LogP contribution is 2.22. The van der Waals surface area contributed by atoms with E-state index in [0.29, 0.717) is 12.2 Å². The summed E-state index contributed by atoms with van der Waals surface area (Å²) in [6, 6.07) is 4.30. The number of halogens is 1. The summed E-state index contributed by atoms with van der Waals surface area (Å²) in [4.78, 5) is 0.146. The molecule has 0 bridgehead atoms. The zero-order chi connectivity index (χ0) is 12.9. The fourth-order valence-corrected chi connectivity index (χ4v) is 2.69. The minimum absolute atomic E-state index is 0.146. The number of nitrogen functional groups attached to an aromatic ring is 1. The maximum Gasteiger partial charge on any atom is 0.240 e. The molecule has 17 heavy (non-hydrogen) atoms. The first-order chi connectivity index (χ1) is 7.97. The summed E-state index contributed by atoms with van der Waals surface area (Å²) in [5.41, 5.74) is 5.90. The maximum atomic E-state index is 11.8. The van der Waals surface area contributed by atoms with Crippen molar-refractivity contribution in [3.63, 3.8) is 0 Å². The van der Waals surface area contributed by atoms with E-state index in [4.69, 9.17) is 17.3 Å². The largest absolute Gasteiger partial charge is 0.398 e. The fraction of sp³-hybridized carbons (Fsp3) is 0.455. The van der Waals surface area contributed by atoms with Gasteiger partial charge in [0.25, 0.3) is 0 Å². The predicted octanol–water partition coefficient (Wildman–Crippen LogP) is 2.39. The Labute approximate surface area is 107 Å². The van der Waals surface area contributed by atoms with E-state index >= 15 is 0 Å². The topological polar surface area (TPSA) is 72.2 Å². The summed E-state index contributed by atoms with van der Waals surface area (Å²) in [6.07, 6.45) is 2.89. The molecule has 0 saturated heterocycles. The SMILES string of the molecule is CCCCCNS(=O)(=O)c1ccc(N)c(Cl)c1. The Kier molecular flexibility index (Phi) is 5.24. The van der Waals surface area contributed by atoms with Crippen LogP contribution >= 0.6 is 11.6 Å². The molecular weight excluding hydrogens is 260 g/mol. The molecule has 0 amide bonds. The molecule has 1 aromatic carbocycles. The molecule has 0 atom stereocenters. The van der Waals surface area contributed by atoms with Gasteiger partial charge in [-0.3, -0.25) is 0 Å². The Balaban J connectivity index is 2.72. The second-order valence-electron chi connectivity index (χ2n) is 3.79. The van der Waals surface area contributed by atoms with Crippen molar-refractivity contribution in [1.29, 1.82) is 0 Å². The molecular formula is C11H17ClN2O2S. The van der Waals surface area contributed by atoms with Crippen molar-refractivity contribution >= 4 is 27.3 Å². The lowest BCUT2D eigenvalue weighted by molar-refractivity contribution is 0.576. The van der Waals surface area contributed by atoms with Crippen LogP contribution < -0.4 is 10.5 Å². The summed E-state index contributed by atoms with van der Waals surface area (Å²) < 4.78 is 26.2. The van der Waals surface area contributed by atoms with Gasteiger partial charge in [0.1, 0.15) is 0 Å². The molecule has 3 N–H and O–H groups in total. The lowest BCUT2D eigenvalue weighted by atomic mass is 10.3. The minimum atomic E-state index is -3.47. The van der Waals surface area contributed by atoms with Gasteiger partial charge in [0, 0.05) is 6.54 Å². The monoisotopic (exact) mass is 276 g/mol. The molecule has 0 aliphatic heterocycles. The zero-order valence-corrected chi connectivity index (χ0v) is 11.3. The Morgan fingerprint density at radius 3 is 2.65 bits per heavy atom. The van der Waals surface area contributed by atoms with Gasteiger partial charge in [-0.15, -0.1) is 0 Å². The van der Waals surface area contributed by atoms with Crippen LogP contribution in [0.4, 0.5) is 5.69 Å². The first-order valence-electron chi connectivity index (χ1n) is 5.52. The lowest BCUT2D eigenvalue weighted by Gasteiger charge is -2.07. The predicted molar refractivity (Wildman–Crippen MR) is 70.6 cm³/mol. The average molecular weight is 277 g/mol. The summed E-state index contributed by atoms with van der Waals surface area (Å²) in [6.45, 7) is 2.51. The Morgan fingerprint density at radius 1 is 1.35 bits per heavy atom. The van der Waals surface area contributed by atoms with Crippen LogP contribution in [0.5, 0.6) is 0 Å². The average Bonchev–Trinajstić information content (AvgIpc) is 2.28. The second-order valence-corrected chi connectivity index (χ2v) is 5.96. The number of hydrogen-bond donors (Lipinski definition) is 2. The van der Waals surface area contributed by atoms with Crippen molar-refractivity contribution in [2.24, 2.45) is 0 Å². The van der Waals surface area contributed by atoms with Crippen molar-refractivity contribution in [2.45, 2.75) is 31.1 Å². The highest BCUT2D eigenvalue weighted by atomic mass is 35.5. The highest BCUT2D eigenvalue weighted by molar-refractivity contribution is 7.89. The normalized spacial score (nSPS) is 11.6. The molecule has 0 aliphatic carbocycles. The number of hydrogen-bond acceptors (Lipinski definition) is 3. The van der Waals surface area contributed by atoms with E-state index in [1.807, 2.05) is 0 Å². The number of unbranched alkanes of at least 4 members (excludes halogenated alkanes) is 2. The molecule has 0 aromatic heterocycles. The van der Waals surface area contributed by atoms with Gasteiger partial charge >= 0.3 is 0 Å². The van der Waals surface area contributed by atoms with Gasteiger partial charge in [0.15, 0.2) is 0 Å². The molecule has 1 rings (SSSR count). The van der Waals surface area contributed by atoms with Crippen molar-refractivity contribution in [3.8, 4) is 0 Å². The van der Waals surface area contributed by atoms with E-state index in [0.717, 1.165) is 19.3 Å². The first kappa shape index (κ1) is 14.3. The zero-order valence-electron chi connectivity index (χ0n) is 9.74. The van der Waals surface area contributed by atoms with Crippen LogP contribution in [0.15, 0.2) is 23.1 Å². The second kappa shape index (κ2) is 6.23. The molecule has 0 fully saturated rings. The van der Waals surface area contributed by atoms with E-state index in [1.165, 1.54) is 18.2 Å². The quantitative estimate of drug-likeness (QED) is 0.619. The standard InChI is InChI=1S/C11H17ClN2O2S/c1-2-3-4-7-14-17(15,16)9-5-6-11(13)10(12)8-9/h5-6,8,14H,2-4,7,13H2,1H3. The van der Waals surface area contributed by atoms with Gasteiger partial charge in [0.05, 0.1) is 15.6 Å². The summed E-state index contributed by atoms with van der Waals surface area (Å²) >= 11 is 5.79. The Morgan fingerprint density at radius 2 is 2.06 bits per heavy atom. The molecule has 0 saturated carbocycles. The summed E-state index contributed by atoms with van der Waals surface area (Å²) in [5, 5.41) is 0.251. The number of anilines is 1. The summed E-state index contributed by atoms with van der Waals surface area (Å²) in [7, 11) is -3.47. The van der Waals surface area contributed by atoms with Crippen LogP contribution in [-0.2, 0) is 10.0 Å². The van der Waals surface area contributed by atoms with E-state index < -0.39 is 10.0 Å². The first-order valence-corrected chi connectivity index (χ1v) is 7.38. The minimum Gasteiger partial charge on any atom is -0.398 e. The third-order valence-corrected chi connectivity index (χ3v) is 4.14. The summed E-state index contributed by atoms with van der Waals surface area (Å²) in [5.74, 6) is 0. The van der Waals surface area contributed by atoms with Crippen molar-refractivity contribution < 1.29 is 8.42 Å². The smallest absolute Gasteiger partial charge is 0.240 e. The Hall–Kier alpha value is -0.780. The maximum absolute atomic E-state index is 11.8. The van der Waals surface area contributed by atoms with E-state index in [2.05, 4.69) is 11.6 Å². The van der Waals surface area contributed by atoms with Crippen LogP contribution in [0.3, 0.4) is 0 Å². The lowest BCUT2D eigenvalue weighted by Crippen LogP contribution is -2.24. The third-order valence-electron chi connectivity index (χ3n) is 2.35. The molecule has 6 heteroatoms. The molecule has 1 aromatic rings. The van der Waals surface area contributed by atoms with Gasteiger partial charge in [-0.1, -0.05) is 31.4 Å². The molecule has 0 spiro atoms. The van der Waals surface area contributed by atoms with Gasteiger partial charge in [-0.2, -0.15) is 0 Å². The number of nitrogens with two attached hydrogens (primary N) is 1. The van der Waals surface area contributed by atoms with Crippen LogP contribution in [0, 0.1) is 0 Å². The van der Waals surface area contributed by atoms with Crippen LogP contribution in [0.1, 0.15) is 26.2 Å². The van der Waals surface area contributed by atoms with Gasteiger partial charge in [0.2, 0.25) is 10.0 Å². The van der Waals surface area contributed by atoms with Gasteiger partial charge in [-0.05, 0) is 24.6 Å². The van der Waals surface area contributed by atoms with E-state index in [9.17, 15) is 8.42 Å².